The van der Waals surface area contributed by atoms with E-state index in [4.69, 9.17) is 4.74 Å². The molecule has 0 saturated carbocycles. The Morgan fingerprint density at radius 3 is 2.42 bits per heavy atom. The van der Waals surface area contributed by atoms with E-state index in [1.54, 1.807) is 17.0 Å². The van der Waals surface area contributed by atoms with Gasteiger partial charge < -0.3 is 19.9 Å². The number of ether oxygens (including phenoxy) is 1. The maximum atomic E-state index is 13.9. The number of piperazine rings is 1. The van der Waals surface area contributed by atoms with E-state index in [9.17, 15) is 9.18 Å². The van der Waals surface area contributed by atoms with Crippen molar-refractivity contribution in [3.63, 3.8) is 0 Å². The first-order valence-corrected chi connectivity index (χ1v) is 8.91. The van der Waals surface area contributed by atoms with Crippen LogP contribution in [0.4, 0.5) is 14.9 Å². The zero-order valence-electron chi connectivity index (χ0n) is 15.0. The van der Waals surface area contributed by atoms with Crippen LogP contribution in [0.3, 0.4) is 0 Å². The van der Waals surface area contributed by atoms with Crippen LogP contribution in [0, 0.1) is 5.82 Å². The smallest absolute Gasteiger partial charge is 0.317 e. The summed E-state index contributed by atoms with van der Waals surface area (Å²) in [5.41, 5.74) is 1.62. The van der Waals surface area contributed by atoms with Crippen LogP contribution in [0.15, 0.2) is 48.5 Å². The number of anilines is 1. The van der Waals surface area contributed by atoms with E-state index in [1.807, 2.05) is 42.2 Å². The van der Waals surface area contributed by atoms with Crippen molar-refractivity contribution < 1.29 is 13.9 Å². The molecule has 1 aliphatic rings. The summed E-state index contributed by atoms with van der Waals surface area (Å²) in [5.74, 6) is 0.604. The lowest BCUT2D eigenvalue weighted by molar-refractivity contribution is 0.194. The van der Waals surface area contributed by atoms with Crippen LogP contribution in [0.5, 0.6) is 5.75 Å². The third-order valence-corrected chi connectivity index (χ3v) is 4.44. The predicted octanol–water partition coefficient (Wildman–Crippen LogP) is 3.26. The second kappa shape index (κ2) is 8.56. The monoisotopic (exact) mass is 357 g/mol. The van der Waals surface area contributed by atoms with Crippen molar-refractivity contribution in [2.24, 2.45) is 0 Å². The number of nitrogens with one attached hydrogen (secondary N) is 1. The standard InChI is InChI=1S/C20H24FN3O2/c1-2-26-17-9-7-16(8-10-17)15-22-20(25)24-13-11-23(12-14-24)19-6-4-3-5-18(19)21/h3-10H,2,11-15H2,1H3,(H,22,25). The lowest BCUT2D eigenvalue weighted by Crippen LogP contribution is -2.51. The molecule has 1 aliphatic heterocycles. The third-order valence-electron chi connectivity index (χ3n) is 4.44. The highest BCUT2D eigenvalue weighted by molar-refractivity contribution is 5.74. The summed E-state index contributed by atoms with van der Waals surface area (Å²) in [5, 5.41) is 2.94. The quantitative estimate of drug-likeness (QED) is 0.893. The van der Waals surface area contributed by atoms with Crippen LogP contribution in [0.1, 0.15) is 12.5 Å². The molecule has 5 nitrogen and oxygen atoms in total. The summed E-state index contributed by atoms with van der Waals surface area (Å²) in [4.78, 5) is 16.1. The van der Waals surface area contributed by atoms with Crippen LogP contribution in [-0.4, -0.2) is 43.7 Å². The molecule has 1 fully saturated rings. The summed E-state index contributed by atoms with van der Waals surface area (Å²) in [6, 6.07) is 14.4. The molecular weight excluding hydrogens is 333 g/mol. The molecule has 0 unspecified atom stereocenters. The molecule has 138 valence electrons. The van der Waals surface area contributed by atoms with E-state index in [-0.39, 0.29) is 11.8 Å². The minimum Gasteiger partial charge on any atom is -0.494 e. The molecule has 2 aromatic rings. The van der Waals surface area contributed by atoms with Gasteiger partial charge in [0.15, 0.2) is 0 Å². The van der Waals surface area contributed by atoms with Crippen molar-refractivity contribution in [3.05, 3.63) is 59.9 Å². The molecule has 0 spiro atoms. The van der Waals surface area contributed by atoms with E-state index in [2.05, 4.69) is 5.32 Å². The molecule has 2 aromatic carbocycles. The average molecular weight is 357 g/mol. The molecule has 0 radical (unpaired) electrons. The highest BCUT2D eigenvalue weighted by atomic mass is 19.1. The Kier molecular flexibility index (Phi) is 5.94. The van der Waals surface area contributed by atoms with E-state index in [1.165, 1.54) is 6.07 Å². The Balaban J connectivity index is 1.47. The van der Waals surface area contributed by atoms with Gasteiger partial charge in [-0.2, -0.15) is 0 Å². The summed E-state index contributed by atoms with van der Waals surface area (Å²) in [6.07, 6.45) is 0. The Hall–Kier alpha value is -2.76. The summed E-state index contributed by atoms with van der Waals surface area (Å²) in [7, 11) is 0. The first-order valence-electron chi connectivity index (χ1n) is 8.91. The Labute approximate surface area is 153 Å². The number of hydrogen-bond donors (Lipinski definition) is 1. The lowest BCUT2D eigenvalue weighted by Gasteiger charge is -2.36. The number of carbonyl (C=O) groups excluding carboxylic acids is 1. The SMILES string of the molecule is CCOc1ccc(CNC(=O)N2CCN(c3ccccc3F)CC2)cc1. The number of nitrogens with zero attached hydrogens (tertiary/aromatic N) is 2. The molecule has 26 heavy (non-hydrogen) atoms. The zero-order chi connectivity index (χ0) is 18.4. The number of rotatable bonds is 5. The predicted molar refractivity (Wildman–Crippen MR) is 100 cm³/mol. The molecule has 2 amide bonds. The summed E-state index contributed by atoms with van der Waals surface area (Å²) in [6.45, 7) is 5.44. The van der Waals surface area contributed by atoms with Crippen LogP contribution in [0.2, 0.25) is 0 Å². The zero-order valence-corrected chi connectivity index (χ0v) is 15.0. The number of urea groups is 1. The number of carbonyl (C=O) groups is 1. The highest BCUT2D eigenvalue weighted by Crippen LogP contribution is 2.20. The normalized spacial score (nSPS) is 14.2. The van der Waals surface area contributed by atoms with Crippen molar-refractivity contribution in [3.8, 4) is 5.75 Å². The molecule has 1 saturated heterocycles. The van der Waals surface area contributed by atoms with Gasteiger partial charge in [-0.25, -0.2) is 9.18 Å². The fraction of sp³-hybridized carbons (Fsp3) is 0.350. The Morgan fingerprint density at radius 1 is 1.08 bits per heavy atom. The van der Waals surface area contributed by atoms with Gasteiger partial charge in [0.05, 0.1) is 12.3 Å². The van der Waals surface area contributed by atoms with Crippen LogP contribution < -0.4 is 15.0 Å². The summed E-state index contributed by atoms with van der Waals surface area (Å²) >= 11 is 0. The molecule has 3 rings (SSSR count). The number of benzene rings is 2. The van der Waals surface area contributed by atoms with Crippen LogP contribution in [-0.2, 0) is 6.54 Å². The van der Waals surface area contributed by atoms with Crippen molar-refractivity contribution in [1.82, 2.24) is 10.2 Å². The third kappa shape index (κ3) is 4.45. The molecule has 0 aliphatic carbocycles. The molecular formula is C20H24FN3O2. The fourth-order valence-corrected chi connectivity index (χ4v) is 3.02. The van der Waals surface area contributed by atoms with Crippen LogP contribution >= 0.6 is 0 Å². The van der Waals surface area contributed by atoms with Crippen molar-refractivity contribution in [2.45, 2.75) is 13.5 Å². The number of hydrogen-bond acceptors (Lipinski definition) is 3. The van der Waals surface area contributed by atoms with Crippen molar-refractivity contribution in [2.75, 3.05) is 37.7 Å². The van der Waals surface area contributed by atoms with Gasteiger partial charge in [0.2, 0.25) is 0 Å². The van der Waals surface area contributed by atoms with E-state index in [0.717, 1.165) is 11.3 Å². The molecule has 0 atom stereocenters. The van der Waals surface area contributed by atoms with E-state index >= 15 is 0 Å². The number of para-hydroxylation sites is 1. The van der Waals surface area contributed by atoms with Gasteiger partial charge in [-0.1, -0.05) is 24.3 Å². The first-order chi connectivity index (χ1) is 12.7. The fourth-order valence-electron chi connectivity index (χ4n) is 3.02. The topological polar surface area (TPSA) is 44.8 Å². The Bertz CT molecular complexity index is 728. The maximum absolute atomic E-state index is 13.9. The van der Waals surface area contributed by atoms with Gasteiger partial charge in [0, 0.05) is 32.7 Å². The molecule has 0 bridgehead atoms. The highest BCUT2D eigenvalue weighted by Gasteiger charge is 2.22. The van der Waals surface area contributed by atoms with E-state index in [0.29, 0.717) is 45.0 Å². The molecule has 1 N–H and O–H groups in total. The molecule has 1 heterocycles. The van der Waals surface area contributed by atoms with Crippen molar-refractivity contribution in [1.29, 1.82) is 0 Å². The minimum atomic E-state index is -0.221. The molecule has 0 aromatic heterocycles. The van der Waals surface area contributed by atoms with Gasteiger partial charge in [-0.15, -0.1) is 0 Å². The summed E-state index contributed by atoms with van der Waals surface area (Å²) < 4.78 is 19.3. The second-order valence-electron chi connectivity index (χ2n) is 6.16. The first kappa shape index (κ1) is 18.0. The van der Waals surface area contributed by atoms with Crippen LogP contribution in [0.25, 0.3) is 0 Å². The van der Waals surface area contributed by atoms with E-state index < -0.39 is 0 Å². The Morgan fingerprint density at radius 2 is 1.77 bits per heavy atom. The van der Waals surface area contributed by atoms with Crippen molar-refractivity contribution >= 4 is 11.7 Å². The van der Waals surface area contributed by atoms with Gasteiger partial charge in [-0.05, 0) is 36.8 Å². The van der Waals surface area contributed by atoms with Gasteiger partial charge >= 0.3 is 6.03 Å². The molecule has 6 heteroatoms. The number of amides is 2. The van der Waals surface area contributed by atoms with Gasteiger partial charge in [0.1, 0.15) is 11.6 Å². The lowest BCUT2D eigenvalue weighted by atomic mass is 10.2. The largest absolute Gasteiger partial charge is 0.494 e. The van der Waals surface area contributed by atoms with Gasteiger partial charge in [0.25, 0.3) is 0 Å². The van der Waals surface area contributed by atoms with Gasteiger partial charge in [-0.3, -0.25) is 0 Å². The average Bonchev–Trinajstić information content (AvgIpc) is 2.68. The maximum Gasteiger partial charge on any atom is 0.317 e. The number of halogens is 1. The minimum absolute atomic E-state index is 0.0907. The second-order valence-corrected chi connectivity index (χ2v) is 6.16.